The minimum absolute atomic E-state index is 0.581. The van der Waals surface area contributed by atoms with Gasteiger partial charge in [-0.15, -0.1) is 21.5 Å². The van der Waals surface area contributed by atoms with Crippen molar-refractivity contribution < 1.29 is 0 Å². The van der Waals surface area contributed by atoms with Gasteiger partial charge in [-0.25, -0.2) is 0 Å². The summed E-state index contributed by atoms with van der Waals surface area (Å²) in [6.45, 7) is 6.94. The average Bonchev–Trinajstić information content (AvgIpc) is 3.25. The Morgan fingerprint density at radius 2 is 2.11 bits per heavy atom. The van der Waals surface area contributed by atoms with Gasteiger partial charge in [0.25, 0.3) is 0 Å². The lowest BCUT2D eigenvalue weighted by Crippen LogP contribution is -2.23. The number of aromatic nitrogens is 3. The van der Waals surface area contributed by atoms with Gasteiger partial charge < -0.3 is 5.32 Å². The predicted octanol–water partition coefficient (Wildman–Crippen LogP) is 3.98. The Morgan fingerprint density at radius 1 is 1.21 bits per heavy atom. The van der Waals surface area contributed by atoms with E-state index in [1.54, 1.807) is 0 Å². The van der Waals surface area contributed by atoms with E-state index < -0.39 is 0 Å². The molecule has 0 spiro atoms. The van der Waals surface area contributed by atoms with E-state index in [-0.39, 0.29) is 0 Å². The first-order valence-electron chi connectivity index (χ1n) is 10.2. The van der Waals surface area contributed by atoms with E-state index in [9.17, 15) is 0 Å². The molecule has 5 rings (SSSR count). The fourth-order valence-corrected chi connectivity index (χ4v) is 5.56. The molecule has 1 aromatic carbocycles. The Balaban J connectivity index is 1.75. The van der Waals surface area contributed by atoms with Crippen LogP contribution in [0.3, 0.4) is 0 Å². The average molecular weight is 392 g/mol. The second-order valence-corrected chi connectivity index (χ2v) is 8.65. The van der Waals surface area contributed by atoms with Crippen molar-refractivity contribution in [2.24, 2.45) is 4.99 Å². The zero-order valence-corrected chi connectivity index (χ0v) is 17.3. The highest BCUT2D eigenvalue weighted by molar-refractivity contribution is 7.15. The summed E-state index contributed by atoms with van der Waals surface area (Å²) < 4.78 is 2.31. The molecular weight excluding hydrogens is 366 g/mol. The van der Waals surface area contributed by atoms with E-state index in [2.05, 4.69) is 58.2 Å². The van der Waals surface area contributed by atoms with Gasteiger partial charge in [0, 0.05) is 29.0 Å². The smallest absolute Gasteiger partial charge is 0.160 e. The van der Waals surface area contributed by atoms with Crippen LogP contribution in [-0.2, 0) is 25.9 Å². The third-order valence-electron chi connectivity index (χ3n) is 5.68. The number of thiophene rings is 1. The lowest BCUT2D eigenvalue weighted by molar-refractivity contribution is 0.654. The zero-order valence-electron chi connectivity index (χ0n) is 16.5. The first kappa shape index (κ1) is 17.8. The van der Waals surface area contributed by atoms with Crippen LogP contribution in [-0.4, -0.2) is 27.0 Å². The van der Waals surface area contributed by atoms with E-state index in [1.807, 2.05) is 11.3 Å². The first-order chi connectivity index (χ1) is 13.8. The minimum atomic E-state index is 0.581. The molecule has 0 bridgehead atoms. The Labute approximate surface area is 169 Å². The number of benzene rings is 1. The number of unbranched alkanes of at least 4 members (excludes halogenated alkanes) is 1. The first-order valence-corrected chi connectivity index (χ1v) is 11.0. The maximum Gasteiger partial charge on any atom is 0.160 e. The normalized spacial score (nSPS) is 15.4. The summed E-state index contributed by atoms with van der Waals surface area (Å²) in [5, 5.41) is 13.8. The van der Waals surface area contributed by atoms with Crippen LogP contribution < -0.4 is 5.32 Å². The van der Waals surface area contributed by atoms with Crippen LogP contribution in [0.2, 0.25) is 0 Å². The number of aryl methyl sites for hydroxylation is 2. The van der Waals surface area contributed by atoms with Crippen molar-refractivity contribution in [2.75, 3.05) is 6.54 Å². The van der Waals surface area contributed by atoms with Crippen LogP contribution in [0.5, 0.6) is 0 Å². The molecule has 0 amide bonds. The van der Waals surface area contributed by atoms with E-state index in [0.29, 0.717) is 6.54 Å². The van der Waals surface area contributed by atoms with Crippen molar-refractivity contribution in [3.8, 4) is 5.00 Å². The second kappa shape index (κ2) is 7.26. The molecule has 0 saturated heterocycles. The summed E-state index contributed by atoms with van der Waals surface area (Å²) in [4.78, 5) is 6.52. The minimum Gasteiger partial charge on any atom is -0.312 e. The highest BCUT2D eigenvalue weighted by atomic mass is 32.1. The Bertz CT molecular complexity index is 1060. The Kier molecular flexibility index (Phi) is 4.61. The van der Waals surface area contributed by atoms with Crippen LogP contribution in [0.25, 0.3) is 5.00 Å². The lowest BCUT2D eigenvalue weighted by Gasteiger charge is -2.16. The topological polar surface area (TPSA) is 55.1 Å². The summed E-state index contributed by atoms with van der Waals surface area (Å²) in [5.74, 6) is 2.04. The summed E-state index contributed by atoms with van der Waals surface area (Å²) >= 11 is 1.89. The summed E-state index contributed by atoms with van der Waals surface area (Å²) in [7, 11) is 0. The van der Waals surface area contributed by atoms with Gasteiger partial charge in [-0.1, -0.05) is 37.6 Å². The molecule has 1 N–H and O–H groups in total. The number of hydrogen-bond donors (Lipinski definition) is 1. The number of rotatable bonds is 4. The number of fused-ring (bicyclic) bond motifs is 5. The molecular formula is C22H25N5S. The summed E-state index contributed by atoms with van der Waals surface area (Å²) in [6.07, 6.45) is 4.30. The molecule has 0 fully saturated rings. The van der Waals surface area contributed by atoms with E-state index in [1.165, 1.54) is 32.1 Å². The van der Waals surface area contributed by atoms with Gasteiger partial charge in [-0.05, 0) is 37.4 Å². The third-order valence-corrected chi connectivity index (χ3v) is 6.90. The van der Waals surface area contributed by atoms with Crippen LogP contribution in [0.4, 0.5) is 0 Å². The summed E-state index contributed by atoms with van der Waals surface area (Å²) in [5.41, 5.74) is 6.40. The molecule has 0 saturated carbocycles. The van der Waals surface area contributed by atoms with Gasteiger partial charge in [0.2, 0.25) is 0 Å². The van der Waals surface area contributed by atoms with Crippen LogP contribution in [0.1, 0.15) is 58.5 Å². The SMILES string of the molecule is CCCCc1nnc2n1-c1sc3c(c1C(c1ccccc1C)=NC2)CCNC3. The molecule has 144 valence electrons. The number of hydrogen-bond acceptors (Lipinski definition) is 5. The van der Waals surface area contributed by atoms with Gasteiger partial charge in [-0.2, -0.15) is 0 Å². The van der Waals surface area contributed by atoms with E-state index in [4.69, 9.17) is 4.99 Å². The van der Waals surface area contributed by atoms with Crippen molar-refractivity contribution in [3.05, 3.63) is 63.0 Å². The molecule has 4 heterocycles. The van der Waals surface area contributed by atoms with Crippen molar-refractivity contribution in [3.63, 3.8) is 0 Å². The highest BCUT2D eigenvalue weighted by Gasteiger charge is 2.30. The fraction of sp³-hybridized carbons (Fsp3) is 0.409. The quantitative estimate of drug-likeness (QED) is 0.732. The molecule has 28 heavy (non-hydrogen) atoms. The molecule has 5 nitrogen and oxygen atoms in total. The predicted molar refractivity (Wildman–Crippen MR) is 114 cm³/mol. The summed E-state index contributed by atoms with van der Waals surface area (Å²) in [6, 6.07) is 8.59. The van der Waals surface area contributed by atoms with Gasteiger partial charge in [-0.3, -0.25) is 9.56 Å². The van der Waals surface area contributed by atoms with Crippen LogP contribution >= 0.6 is 11.3 Å². The highest BCUT2D eigenvalue weighted by Crippen LogP contribution is 2.39. The molecule has 0 unspecified atom stereocenters. The molecule has 0 radical (unpaired) electrons. The van der Waals surface area contributed by atoms with Crippen molar-refractivity contribution in [1.82, 2.24) is 20.1 Å². The van der Waals surface area contributed by atoms with Gasteiger partial charge in [0.1, 0.15) is 17.4 Å². The van der Waals surface area contributed by atoms with Crippen molar-refractivity contribution >= 4 is 17.0 Å². The number of nitrogens with one attached hydrogen (secondary N) is 1. The van der Waals surface area contributed by atoms with Crippen LogP contribution in [0, 0.1) is 6.92 Å². The molecule has 0 aliphatic carbocycles. The van der Waals surface area contributed by atoms with Gasteiger partial charge in [0.15, 0.2) is 5.82 Å². The standard InChI is InChI=1S/C22H25N5S/c1-3-4-9-18-25-26-19-13-24-21(15-8-6-5-7-14(15)2)20-16-10-11-23-12-17(16)28-22(20)27(18)19/h5-8,23H,3-4,9-13H2,1-2H3. The molecule has 6 heteroatoms. The Morgan fingerprint density at radius 3 is 2.96 bits per heavy atom. The molecule has 2 aromatic heterocycles. The van der Waals surface area contributed by atoms with Gasteiger partial charge in [0.05, 0.1) is 5.71 Å². The maximum atomic E-state index is 5.09. The maximum absolute atomic E-state index is 5.09. The zero-order chi connectivity index (χ0) is 19.1. The molecule has 2 aliphatic rings. The van der Waals surface area contributed by atoms with Gasteiger partial charge >= 0.3 is 0 Å². The number of aliphatic imine (C=N–C) groups is 1. The number of nitrogens with zero attached hydrogens (tertiary/aromatic N) is 4. The van der Waals surface area contributed by atoms with Crippen molar-refractivity contribution in [1.29, 1.82) is 0 Å². The Hall–Kier alpha value is -2.31. The van der Waals surface area contributed by atoms with E-state index >= 15 is 0 Å². The third kappa shape index (κ3) is 2.83. The lowest BCUT2D eigenvalue weighted by atomic mass is 9.93. The van der Waals surface area contributed by atoms with Crippen molar-refractivity contribution in [2.45, 2.75) is 52.6 Å². The second-order valence-electron chi connectivity index (χ2n) is 7.56. The van der Waals surface area contributed by atoms with E-state index in [0.717, 1.165) is 56.1 Å². The van der Waals surface area contributed by atoms with Crippen LogP contribution in [0.15, 0.2) is 29.3 Å². The molecule has 3 aromatic rings. The fourth-order valence-electron chi connectivity index (χ4n) is 4.20. The molecule has 0 atom stereocenters. The monoisotopic (exact) mass is 391 g/mol. The molecule has 2 aliphatic heterocycles. The largest absolute Gasteiger partial charge is 0.312 e.